The lowest BCUT2D eigenvalue weighted by atomic mass is 10.0. The predicted octanol–water partition coefficient (Wildman–Crippen LogP) is 5.61. The fourth-order valence-electron chi connectivity index (χ4n) is 2.77. The first-order valence-corrected chi connectivity index (χ1v) is 10.7. The molecule has 0 aromatic heterocycles. The maximum Gasteiger partial charge on any atom is 0.339 e. The molecule has 4 nitrogen and oxygen atoms in total. The lowest BCUT2D eigenvalue weighted by Crippen LogP contribution is -2.10. The summed E-state index contributed by atoms with van der Waals surface area (Å²) in [4.78, 5) is 0.125. The molecule has 0 aliphatic rings. The van der Waals surface area contributed by atoms with E-state index < -0.39 is 10.1 Å². The molecular weight excluding hydrogens is 372 g/mol. The van der Waals surface area contributed by atoms with E-state index in [-0.39, 0.29) is 10.6 Å². The van der Waals surface area contributed by atoms with Gasteiger partial charge in [0.05, 0.1) is 6.61 Å². The Morgan fingerprint density at radius 2 is 1.36 bits per heavy atom. The summed E-state index contributed by atoms with van der Waals surface area (Å²) in [7, 11) is -3.94. The summed E-state index contributed by atoms with van der Waals surface area (Å²) in [6, 6.07) is 21.3. The number of aryl methyl sites for hydroxylation is 1. The average Bonchev–Trinajstić information content (AvgIpc) is 2.69. The van der Waals surface area contributed by atoms with Gasteiger partial charge < -0.3 is 8.92 Å². The van der Waals surface area contributed by atoms with Crippen molar-refractivity contribution in [3.05, 3.63) is 78.4 Å². The van der Waals surface area contributed by atoms with Crippen molar-refractivity contribution >= 4 is 10.1 Å². The molecule has 0 heterocycles. The summed E-state index contributed by atoms with van der Waals surface area (Å²) in [5.41, 5.74) is 2.45. The van der Waals surface area contributed by atoms with Gasteiger partial charge in [0.1, 0.15) is 10.6 Å². The van der Waals surface area contributed by atoms with Gasteiger partial charge in [-0.2, -0.15) is 8.42 Å². The van der Waals surface area contributed by atoms with Gasteiger partial charge in [-0.1, -0.05) is 67.4 Å². The molecule has 0 bridgehead atoms. The molecule has 0 N–H and O–H groups in total. The topological polar surface area (TPSA) is 52.6 Å². The Balaban J connectivity index is 1.95. The summed E-state index contributed by atoms with van der Waals surface area (Å²) in [6.07, 6.45) is 1.99. The van der Waals surface area contributed by atoms with E-state index in [1.165, 1.54) is 0 Å². The molecule has 0 atom stereocenters. The highest BCUT2D eigenvalue weighted by molar-refractivity contribution is 7.87. The monoisotopic (exact) mass is 396 g/mol. The second-order valence-corrected chi connectivity index (χ2v) is 8.09. The average molecular weight is 397 g/mol. The molecule has 0 radical (unpaired) electrons. The zero-order valence-electron chi connectivity index (χ0n) is 16.1. The Bertz CT molecular complexity index is 1020. The van der Waals surface area contributed by atoms with Crippen molar-refractivity contribution in [3.8, 4) is 22.6 Å². The van der Waals surface area contributed by atoms with Gasteiger partial charge >= 0.3 is 10.1 Å². The van der Waals surface area contributed by atoms with Crippen LogP contribution < -0.4 is 8.92 Å². The lowest BCUT2D eigenvalue weighted by molar-refractivity contribution is 0.310. The molecule has 5 heteroatoms. The number of hydrogen-bond donors (Lipinski definition) is 0. The van der Waals surface area contributed by atoms with Gasteiger partial charge in [-0.3, -0.25) is 0 Å². The molecule has 0 aliphatic carbocycles. The van der Waals surface area contributed by atoms with E-state index in [9.17, 15) is 8.42 Å². The summed E-state index contributed by atoms with van der Waals surface area (Å²) in [6.45, 7) is 4.62. The molecule has 0 aliphatic heterocycles. The van der Waals surface area contributed by atoms with E-state index in [0.717, 1.165) is 24.0 Å². The van der Waals surface area contributed by atoms with Gasteiger partial charge in [-0.05, 0) is 37.6 Å². The van der Waals surface area contributed by atoms with E-state index in [2.05, 4.69) is 6.92 Å². The Kier molecular flexibility index (Phi) is 6.37. The molecule has 3 rings (SSSR count). The first-order chi connectivity index (χ1) is 13.5. The van der Waals surface area contributed by atoms with Crippen LogP contribution in [0.15, 0.2) is 77.7 Å². The van der Waals surface area contributed by atoms with Gasteiger partial charge in [-0.25, -0.2) is 0 Å². The molecule has 0 spiro atoms. The van der Waals surface area contributed by atoms with Crippen LogP contribution in [0.1, 0.15) is 25.3 Å². The third-order valence-corrected chi connectivity index (χ3v) is 5.58. The highest BCUT2D eigenvalue weighted by Gasteiger charge is 2.20. The van der Waals surface area contributed by atoms with Gasteiger partial charge in [0.15, 0.2) is 5.75 Å². The standard InChI is InChI=1S/C23H24O4S/c1-3-4-17-26-22-11-7-5-9-20(22)21-10-6-8-12-23(21)27-28(24,25)19-15-13-18(2)14-16-19/h5-16H,3-4,17H2,1-2H3. The third kappa shape index (κ3) is 4.73. The Hall–Kier alpha value is -2.79. The van der Waals surface area contributed by atoms with Crippen LogP contribution in [0.25, 0.3) is 11.1 Å². The van der Waals surface area contributed by atoms with E-state index in [1.54, 1.807) is 36.4 Å². The normalized spacial score (nSPS) is 11.2. The maximum atomic E-state index is 12.7. The first kappa shape index (κ1) is 20.0. The van der Waals surface area contributed by atoms with Gasteiger partial charge in [0, 0.05) is 11.1 Å². The van der Waals surface area contributed by atoms with Gasteiger partial charge in [-0.15, -0.1) is 0 Å². The number of unbranched alkanes of at least 4 members (excludes halogenated alkanes) is 1. The maximum absolute atomic E-state index is 12.7. The minimum absolute atomic E-state index is 0.125. The van der Waals surface area contributed by atoms with E-state index in [1.807, 2.05) is 43.3 Å². The van der Waals surface area contributed by atoms with Crippen LogP contribution in [-0.4, -0.2) is 15.0 Å². The van der Waals surface area contributed by atoms with E-state index in [0.29, 0.717) is 17.9 Å². The van der Waals surface area contributed by atoms with Crippen LogP contribution in [0.5, 0.6) is 11.5 Å². The van der Waals surface area contributed by atoms with Crippen molar-refractivity contribution in [1.29, 1.82) is 0 Å². The summed E-state index contributed by atoms with van der Waals surface area (Å²) in [5, 5.41) is 0. The number of hydrogen-bond acceptors (Lipinski definition) is 4. The predicted molar refractivity (Wildman–Crippen MR) is 111 cm³/mol. The lowest BCUT2D eigenvalue weighted by Gasteiger charge is -2.15. The Morgan fingerprint density at radius 3 is 2.00 bits per heavy atom. The SMILES string of the molecule is CCCCOc1ccccc1-c1ccccc1OS(=O)(=O)c1ccc(C)cc1. The largest absolute Gasteiger partial charge is 0.493 e. The van der Waals surface area contributed by atoms with Crippen LogP contribution in [0.2, 0.25) is 0 Å². The zero-order chi connectivity index (χ0) is 20.0. The molecule has 0 unspecified atom stereocenters. The minimum atomic E-state index is -3.94. The van der Waals surface area contributed by atoms with Crippen molar-refractivity contribution in [2.45, 2.75) is 31.6 Å². The van der Waals surface area contributed by atoms with Crippen LogP contribution in [0, 0.1) is 6.92 Å². The molecule has 146 valence electrons. The molecule has 3 aromatic rings. The number of rotatable bonds is 8. The Morgan fingerprint density at radius 1 is 0.786 bits per heavy atom. The van der Waals surface area contributed by atoms with Crippen molar-refractivity contribution in [1.82, 2.24) is 0 Å². The molecule has 0 saturated carbocycles. The molecular formula is C23H24O4S. The smallest absolute Gasteiger partial charge is 0.339 e. The fraction of sp³-hybridized carbons (Fsp3) is 0.217. The summed E-state index contributed by atoms with van der Waals surface area (Å²) < 4.78 is 36.9. The highest BCUT2D eigenvalue weighted by atomic mass is 32.2. The van der Waals surface area contributed by atoms with Crippen LogP contribution in [0.3, 0.4) is 0 Å². The quantitative estimate of drug-likeness (QED) is 0.367. The highest BCUT2D eigenvalue weighted by Crippen LogP contribution is 2.37. The molecule has 3 aromatic carbocycles. The molecule has 28 heavy (non-hydrogen) atoms. The van der Waals surface area contributed by atoms with Crippen LogP contribution in [0.4, 0.5) is 0 Å². The van der Waals surface area contributed by atoms with Crippen molar-refractivity contribution < 1.29 is 17.3 Å². The third-order valence-electron chi connectivity index (χ3n) is 4.33. The summed E-state index contributed by atoms with van der Waals surface area (Å²) >= 11 is 0. The van der Waals surface area contributed by atoms with Gasteiger partial charge in [0.2, 0.25) is 0 Å². The van der Waals surface area contributed by atoms with E-state index in [4.69, 9.17) is 8.92 Å². The number of benzene rings is 3. The Labute approximate surface area is 166 Å². The molecule has 0 amide bonds. The fourth-order valence-corrected chi connectivity index (χ4v) is 3.72. The summed E-state index contributed by atoms with van der Waals surface area (Å²) in [5.74, 6) is 0.981. The van der Waals surface area contributed by atoms with Crippen LogP contribution >= 0.6 is 0 Å². The van der Waals surface area contributed by atoms with Crippen molar-refractivity contribution in [2.24, 2.45) is 0 Å². The molecule has 0 saturated heterocycles. The molecule has 0 fully saturated rings. The van der Waals surface area contributed by atoms with Crippen molar-refractivity contribution in [2.75, 3.05) is 6.61 Å². The van der Waals surface area contributed by atoms with E-state index >= 15 is 0 Å². The number of ether oxygens (including phenoxy) is 1. The van der Waals surface area contributed by atoms with Gasteiger partial charge in [0.25, 0.3) is 0 Å². The second kappa shape index (κ2) is 8.93. The first-order valence-electron chi connectivity index (χ1n) is 9.33. The zero-order valence-corrected chi connectivity index (χ0v) is 16.9. The minimum Gasteiger partial charge on any atom is -0.493 e. The second-order valence-electron chi connectivity index (χ2n) is 6.54. The van der Waals surface area contributed by atoms with Crippen molar-refractivity contribution in [3.63, 3.8) is 0 Å². The number of para-hydroxylation sites is 2. The van der Waals surface area contributed by atoms with Crippen LogP contribution in [-0.2, 0) is 10.1 Å².